The number of aromatic nitrogens is 2. The zero-order valence-electron chi connectivity index (χ0n) is 14.2. The van der Waals surface area contributed by atoms with Gasteiger partial charge in [-0.3, -0.25) is 4.68 Å². The number of carbonyl (C=O) groups excluding carboxylic acids is 1. The Hall–Kier alpha value is -1.17. The van der Waals surface area contributed by atoms with Crippen LogP contribution in [0.3, 0.4) is 0 Å². The Balaban J connectivity index is 1.88. The largest absolute Gasteiger partial charge is 0.337 e. The number of nitrogens with zero attached hydrogens (tertiary/aromatic N) is 2. The minimum atomic E-state index is -0.0818. The van der Waals surface area contributed by atoms with E-state index in [-0.39, 0.29) is 10.8 Å². The summed E-state index contributed by atoms with van der Waals surface area (Å²) in [7, 11) is 1.97. The molecule has 124 valence electrons. The first-order valence-corrected chi connectivity index (χ1v) is 9.17. The van der Waals surface area contributed by atoms with Crippen molar-refractivity contribution in [3.8, 4) is 0 Å². The van der Waals surface area contributed by atoms with Gasteiger partial charge in [0.1, 0.15) is 0 Å². The molecule has 2 rings (SSSR count). The normalized spacial score (nSPS) is 21.1. The van der Waals surface area contributed by atoms with Gasteiger partial charge in [-0.1, -0.05) is 13.8 Å². The lowest BCUT2D eigenvalue weighted by molar-refractivity contribution is 0.239. The standard InChI is InChI=1S/C16H28N4OS/c1-5-13-12(14(6-2)20(4)19-13)10-17-15(21)18-11-16(3)8-7-9-22-16/h5-11H2,1-4H3,(H2,17,18,21)/t16-/m0/s1. The smallest absolute Gasteiger partial charge is 0.315 e. The number of thioether (sulfide) groups is 1. The monoisotopic (exact) mass is 324 g/mol. The first-order chi connectivity index (χ1) is 10.5. The van der Waals surface area contributed by atoms with Crippen LogP contribution >= 0.6 is 11.8 Å². The molecule has 0 aliphatic carbocycles. The molecule has 0 radical (unpaired) electrons. The number of aryl methyl sites for hydroxylation is 2. The van der Waals surface area contributed by atoms with Crippen molar-refractivity contribution in [2.75, 3.05) is 12.3 Å². The molecule has 1 fully saturated rings. The average Bonchev–Trinajstić information content (AvgIpc) is 3.06. The van der Waals surface area contributed by atoms with Gasteiger partial charge in [0, 0.05) is 36.1 Å². The molecule has 5 nitrogen and oxygen atoms in total. The molecule has 0 spiro atoms. The van der Waals surface area contributed by atoms with Gasteiger partial charge in [-0.25, -0.2) is 4.79 Å². The summed E-state index contributed by atoms with van der Waals surface area (Å²) in [6.07, 6.45) is 4.25. The molecule has 0 saturated carbocycles. The van der Waals surface area contributed by atoms with E-state index < -0.39 is 0 Å². The van der Waals surface area contributed by atoms with Crippen molar-refractivity contribution >= 4 is 17.8 Å². The lowest BCUT2D eigenvalue weighted by Crippen LogP contribution is -2.42. The number of hydrogen-bond donors (Lipinski definition) is 2. The quantitative estimate of drug-likeness (QED) is 0.846. The van der Waals surface area contributed by atoms with Crippen molar-refractivity contribution in [2.24, 2.45) is 7.05 Å². The fourth-order valence-corrected chi connectivity index (χ4v) is 4.31. The second-order valence-electron chi connectivity index (χ2n) is 6.14. The SMILES string of the molecule is CCc1nn(C)c(CC)c1CNC(=O)NC[C@]1(C)CCCS1. The van der Waals surface area contributed by atoms with Gasteiger partial charge < -0.3 is 10.6 Å². The summed E-state index contributed by atoms with van der Waals surface area (Å²) >= 11 is 1.96. The van der Waals surface area contributed by atoms with Crippen LogP contribution in [0.4, 0.5) is 4.79 Å². The minimum absolute atomic E-state index is 0.0818. The molecular formula is C16H28N4OS. The summed E-state index contributed by atoms with van der Waals surface area (Å²) in [5.74, 6) is 1.20. The third-order valence-electron chi connectivity index (χ3n) is 4.38. The van der Waals surface area contributed by atoms with Crippen molar-refractivity contribution in [3.63, 3.8) is 0 Å². The van der Waals surface area contributed by atoms with Crippen LogP contribution in [0.15, 0.2) is 0 Å². The predicted molar refractivity (Wildman–Crippen MR) is 92.3 cm³/mol. The number of carbonyl (C=O) groups is 1. The summed E-state index contributed by atoms with van der Waals surface area (Å²) < 4.78 is 2.14. The van der Waals surface area contributed by atoms with Crippen LogP contribution in [0.5, 0.6) is 0 Å². The Bertz CT molecular complexity index is 520. The molecule has 1 aromatic rings. The fraction of sp³-hybridized carbons (Fsp3) is 0.750. The Labute approximate surface area is 137 Å². The van der Waals surface area contributed by atoms with Crippen LogP contribution < -0.4 is 10.6 Å². The van der Waals surface area contributed by atoms with Crippen molar-refractivity contribution in [1.82, 2.24) is 20.4 Å². The van der Waals surface area contributed by atoms with Gasteiger partial charge in [0.15, 0.2) is 0 Å². The molecule has 1 aromatic heterocycles. The van der Waals surface area contributed by atoms with E-state index in [9.17, 15) is 4.79 Å². The van der Waals surface area contributed by atoms with Crippen LogP contribution in [0.2, 0.25) is 0 Å². The van der Waals surface area contributed by atoms with Gasteiger partial charge in [-0.05, 0) is 38.4 Å². The average molecular weight is 324 g/mol. The van der Waals surface area contributed by atoms with Gasteiger partial charge in [-0.15, -0.1) is 0 Å². The van der Waals surface area contributed by atoms with Crippen molar-refractivity contribution in [2.45, 2.75) is 57.7 Å². The first-order valence-electron chi connectivity index (χ1n) is 8.18. The van der Waals surface area contributed by atoms with Crippen molar-refractivity contribution in [3.05, 3.63) is 17.0 Å². The molecule has 2 N–H and O–H groups in total. The predicted octanol–water partition coefficient (Wildman–Crippen LogP) is 2.63. The highest BCUT2D eigenvalue weighted by atomic mass is 32.2. The summed E-state index contributed by atoms with van der Waals surface area (Å²) in [5.41, 5.74) is 3.46. The number of amides is 2. The summed E-state index contributed by atoms with van der Waals surface area (Å²) in [4.78, 5) is 12.1. The summed E-state index contributed by atoms with van der Waals surface area (Å²) in [6.45, 7) is 7.74. The summed E-state index contributed by atoms with van der Waals surface area (Å²) in [6, 6.07) is -0.0818. The molecule has 1 atom stereocenters. The third kappa shape index (κ3) is 3.97. The number of nitrogens with one attached hydrogen (secondary N) is 2. The van der Waals surface area contributed by atoms with Gasteiger partial charge in [0.2, 0.25) is 0 Å². The highest BCUT2D eigenvalue weighted by Crippen LogP contribution is 2.36. The number of urea groups is 1. The van der Waals surface area contributed by atoms with E-state index in [0.29, 0.717) is 6.54 Å². The van der Waals surface area contributed by atoms with Gasteiger partial charge >= 0.3 is 6.03 Å². The van der Waals surface area contributed by atoms with E-state index in [1.54, 1.807) is 0 Å². The second-order valence-corrected chi connectivity index (χ2v) is 7.82. The zero-order valence-corrected chi connectivity index (χ0v) is 15.0. The molecule has 0 aromatic carbocycles. The molecule has 1 aliphatic heterocycles. The van der Waals surface area contributed by atoms with E-state index in [1.807, 2.05) is 23.5 Å². The highest BCUT2D eigenvalue weighted by molar-refractivity contribution is 8.00. The van der Waals surface area contributed by atoms with Gasteiger partial charge in [-0.2, -0.15) is 16.9 Å². The van der Waals surface area contributed by atoms with Crippen LogP contribution in [-0.4, -0.2) is 32.9 Å². The molecule has 1 aliphatic rings. The molecule has 6 heteroatoms. The maximum Gasteiger partial charge on any atom is 0.315 e. The van der Waals surface area contributed by atoms with Crippen molar-refractivity contribution < 1.29 is 4.79 Å². The van der Waals surface area contributed by atoms with E-state index in [4.69, 9.17) is 0 Å². The molecular weight excluding hydrogens is 296 g/mol. The second kappa shape index (κ2) is 7.40. The number of rotatable bonds is 6. The number of hydrogen-bond acceptors (Lipinski definition) is 3. The lowest BCUT2D eigenvalue weighted by Gasteiger charge is -2.23. The Morgan fingerprint density at radius 2 is 2.14 bits per heavy atom. The van der Waals surface area contributed by atoms with Crippen LogP contribution in [0.1, 0.15) is 50.6 Å². The molecule has 1 saturated heterocycles. The Morgan fingerprint density at radius 1 is 1.36 bits per heavy atom. The van der Waals surface area contributed by atoms with Crippen LogP contribution in [-0.2, 0) is 26.4 Å². The lowest BCUT2D eigenvalue weighted by atomic mass is 10.1. The van der Waals surface area contributed by atoms with Crippen LogP contribution in [0, 0.1) is 0 Å². The maximum absolute atomic E-state index is 12.1. The summed E-state index contributed by atoms with van der Waals surface area (Å²) in [5, 5.41) is 10.5. The Morgan fingerprint density at radius 3 is 2.73 bits per heavy atom. The van der Waals surface area contributed by atoms with Crippen molar-refractivity contribution in [1.29, 1.82) is 0 Å². The van der Waals surface area contributed by atoms with E-state index >= 15 is 0 Å². The third-order valence-corrected chi connectivity index (χ3v) is 5.92. The van der Waals surface area contributed by atoms with Crippen LogP contribution in [0.25, 0.3) is 0 Å². The van der Waals surface area contributed by atoms with E-state index in [1.165, 1.54) is 29.9 Å². The zero-order chi connectivity index (χ0) is 16.2. The topological polar surface area (TPSA) is 59.0 Å². The van der Waals surface area contributed by atoms with Gasteiger partial charge in [0.05, 0.1) is 5.69 Å². The molecule has 2 amide bonds. The van der Waals surface area contributed by atoms with E-state index in [2.05, 4.69) is 36.5 Å². The highest BCUT2D eigenvalue weighted by Gasteiger charge is 2.29. The minimum Gasteiger partial charge on any atom is -0.337 e. The molecule has 0 bridgehead atoms. The first kappa shape index (κ1) is 17.2. The van der Waals surface area contributed by atoms with Gasteiger partial charge in [0.25, 0.3) is 0 Å². The maximum atomic E-state index is 12.1. The molecule has 22 heavy (non-hydrogen) atoms. The molecule has 0 unspecified atom stereocenters. The fourth-order valence-electron chi connectivity index (χ4n) is 3.07. The van der Waals surface area contributed by atoms with E-state index in [0.717, 1.165) is 25.1 Å². The Kier molecular flexibility index (Phi) is 5.78. The molecule has 2 heterocycles.